The SMILES string of the molecule is CC1(CCc2ccc(OC(F)F)cc2)N[C@@H](C(=O)O)CS1. The minimum atomic E-state index is -2.82. The molecule has 1 aliphatic rings. The van der Waals surface area contributed by atoms with Crippen molar-refractivity contribution in [2.75, 3.05) is 5.75 Å². The Hall–Kier alpha value is -1.34. The zero-order valence-electron chi connectivity index (χ0n) is 11.5. The van der Waals surface area contributed by atoms with Gasteiger partial charge in [0.05, 0.1) is 4.87 Å². The third-order valence-corrected chi connectivity index (χ3v) is 4.84. The molecule has 0 saturated carbocycles. The summed E-state index contributed by atoms with van der Waals surface area (Å²) < 4.78 is 28.4. The van der Waals surface area contributed by atoms with Gasteiger partial charge >= 0.3 is 12.6 Å². The van der Waals surface area contributed by atoms with Gasteiger partial charge in [-0.05, 0) is 37.5 Å². The van der Waals surface area contributed by atoms with Crippen molar-refractivity contribution in [3.63, 3.8) is 0 Å². The molecule has 1 aromatic rings. The van der Waals surface area contributed by atoms with Crippen molar-refractivity contribution in [2.45, 2.75) is 37.3 Å². The molecule has 116 valence electrons. The van der Waals surface area contributed by atoms with E-state index in [-0.39, 0.29) is 10.6 Å². The topological polar surface area (TPSA) is 58.6 Å². The number of carboxylic acids is 1. The van der Waals surface area contributed by atoms with Gasteiger partial charge in [0.25, 0.3) is 0 Å². The fourth-order valence-corrected chi connectivity index (χ4v) is 3.45. The van der Waals surface area contributed by atoms with Crippen LogP contribution in [-0.4, -0.2) is 34.4 Å². The molecule has 1 aromatic carbocycles. The fourth-order valence-electron chi connectivity index (χ4n) is 2.22. The van der Waals surface area contributed by atoms with Gasteiger partial charge in [0.2, 0.25) is 0 Å². The van der Waals surface area contributed by atoms with E-state index in [2.05, 4.69) is 10.1 Å². The molecule has 2 N–H and O–H groups in total. The number of carboxylic acid groups (broad SMARTS) is 1. The van der Waals surface area contributed by atoms with E-state index >= 15 is 0 Å². The largest absolute Gasteiger partial charge is 0.480 e. The second-order valence-corrected chi connectivity index (χ2v) is 6.62. The summed E-state index contributed by atoms with van der Waals surface area (Å²) in [6.45, 7) is -0.837. The molecule has 2 rings (SSSR count). The van der Waals surface area contributed by atoms with Crippen LogP contribution in [0.3, 0.4) is 0 Å². The van der Waals surface area contributed by atoms with Crippen molar-refractivity contribution in [1.82, 2.24) is 5.32 Å². The number of rotatable bonds is 6. The van der Waals surface area contributed by atoms with Crippen molar-refractivity contribution in [3.8, 4) is 5.75 Å². The van der Waals surface area contributed by atoms with E-state index < -0.39 is 18.6 Å². The van der Waals surface area contributed by atoms with E-state index in [0.29, 0.717) is 5.75 Å². The molecule has 0 spiro atoms. The van der Waals surface area contributed by atoms with E-state index in [4.69, 9.17) is 5.11 Å². The number of ether oxygens (including phenoxy) is 1. The van der Waals surface area contributed by atoms with Crippen LogP contribution in [0.2, 0.25) is 0 Å². The molecule has 0 amide bonds. The minimum Gasteiger partial charge on any atom is -0.480 e. The summed E-state index contributed by atoms with van der Waals surface area (Å²) in [5.74, 6) is -0.147. The zero-order chi connectivity index (χ0) is 15.5. The lowest BCUT2D eigenvalue weighted by Gasteiger charge is -2.24. The van der Waals surface area contributed by atoms with Crippen LogP contribution in [0.15, 0.2) is 24.3 Å². The number of nitrogens with one attached hydrogen (secondary N) is 1. The van der Waals surface area contributed by atoms with E-state index in [1.54, 1.807) is 23.9 Å². The number of thioether (sulfide) groups is 1. The standard InChI is InChI=1S/C14H17F2NO3S/c1-14(17-11(8-21-14)12(18)19)7-6-9-2-4-10(5-3-9)20-13(15)16/h2-5,11,13,17H,6-8H2,1H3,(H,18,19)/t11-,14?/m1/s1. The molecule has 21 heavy (non-hydrogen) atoms. The Kier molecular flexibility index (Phi) is 5.05. The summed E-state index contributed by atoms with van der Waals surface area (Å²) in [6.07, 6.45) is 1.49. The van der Waals surface area contributed by atoms with Crippen LogP contribution >= 0.6 is 11.8 Å². The average molecular weight is 317 g/mol. The van der Waals surface area contributed by atoms with E-state index in [9.17, 15) is 13.6 Å². The van der Waals surface area contributed by atoms with E-state index in [1.165, 1.54) is 12.1 Å². The molecule has 1 aliphatic heterocycles. The van der Waals surface area contributed by atoms with Crippen LogP contribution in [0, 0.1) is 0 Å². The summed E-state index contributed by atoms with van der Waals surface area (Å²) in [5.41, 5.74) is 0.999. The summed E-state index contributed by atoms with van der Waals surface area (Å²) in [5, 5.41) is 12.1. The van der Waals surface area contributed by atoms with Gasteiger partial charge in [0.15, 0.2) is 0 Å². The summed E-state index contributed by atoms with van der Waals surface area (Å²) in [4.78, 5) is 10.7. The fraction of sp³-hybridized carbons (Fsp3) is 0.500. The third-order valence-electron chi connectivity index (χ3n) is 3.39. The first-order valence-electron chi connectivity index (χ1n) is 6.56. The molecule has 0 aromatic heterocycles. The number of carbonyl (C=O) groups is 1. The number of alkyl halides is 2. The van der Waals surface area contributed by atoms with E-state index in [0.717, 1.165) is 18.4 Å². The lowest BCUT2D eigenvalue weighted by atomic mass is 10.1. The van der Waals surface area contributed by atoms with Crippen LogP contribution in [0.4, 0.5) is 8.78 Å². The van der Waals surface area contributed by atoms with Gasteiger partial charge in [-0.3, -0.25) is 10.1 Å². The van der Waals surface area contributed by atoms with Gasteiger partial charge in [0.1, 0.15) is 11.8 Å². The highest BCUT2D eigenvalue weighted by atomic mass is 32.2. The maximum atomic E-state index is 12.0. The lowest BCUT2D eigenvalue weighted by molar-refractivity contribution is -0.138. The Morgan fingerprint density at radius 3 is 2.71 bits per heavy atom. The molecule has 0 aliphatic carbocycles. The number of aliphatic carboxylic acids is 1. The maximum Gasteiger partial charge on any atom is 0.387 e. The zero-order valence-corrected chi connectivity index (χ0v) is 12.3. The van der Waals surface area contributed by atoms with Crippen LogP contribution in [0.25, 0.3) is 0 Å². The van der Waals surface area contributed by atoms with Crippen molar-refractivity contribution < 1.29 is 23.4 Å². The third kappa shape index (κ3) is 4.57. The van der Waals surface area contributed by atoms with Gasteiger partial charge in [-0.2, -0.15) is 8.78 Å². The molecular weight excluding hydrogens is 300 g/mol. The summed E-state index contributed by atoms with van der Waals surface area (Å²) in [7, 11) is 0. The second kappa shape index (κ2) is 6.62. The quantitative estimate of drug-likeness (QED) is 0.845. The molecule has 0 radical (unpaired) electrons. The van der Waals surface area contributed by atoms with Crippen LogP contribution in [-0.2, 0) is 11.2 Å². The van der Waals surface area contributed by atoms with Crippen molar-refractivity contribution in [3.05, 3.63) is 29.8 Å². The first-order chi connectivity index (χ1) is 9.88. The highest BCUT2D eigenvalue weighted by Gasteiger charge is 2.37. The van der Waals surface area contributed by atoms with Crippen molar-refractivity contribution >= 4 is 17.7 Å². The average Bonchev–Trinajstić information content (AvgIpc) is 2.81. The summed E-state index contributed by atoms with van der Waals surface area (Å²) >= 11 is 1.60. The Bertz CT molecular complexity index is 497. The molecule has 2 atom stereocenters. The number of halogens is 2. The Labute approximate surface area is 125 Å². The highest BCUT2D eigenvalue weighted by molar-refractivity contribution is 8.00. The predicted octanol–water partition coefficient (Wildman–Crippen LogP) is 2.73. The first-order valence-corrected chi connectivity index (χ1v) is 7.55. The molecule has 1 unspecified atom stereocenters. The summed E-state index contributed by atoms with van der Waals surface area (Å²) in [6, 6.07) is 6.00. The number of aryl methyl sites for hydroxylation is 1. The van der Waals surface area contributed by atoms with Gasteiger partial charge in [0, 0.05) is 5.75 Å². The molecule has 4 nitrogen and oxygen atoms in total. The van der Waals surface area contributed by atoms with E-state index in [1.807, 2.05) is 6.92 Å². The Morgan fingerprint density at radius 2 is 2.19 bits per heavy atom. The smallest absolute Gasteiger partial charge is 0.387 e. The molecule has 0 bridgehead atoms. The van der Waals surface area contributed by atoms with Crippen LogP contribution in [0.1, 0.15) is 18.9 Å². The normalized spacial score (nSPS) is 25.2. The molecule has 1 fully saturated rings. The highest BCUT2D eigenvalue weighted by Crippen LogP contribution is 2.34. The van der Waals surface area contributed by atoms with Crippen LogP contribution in [0.5, 0.6) is 5.75 Å². The Morgan fingerprint density at radius 1 is 1.52 bits per heavy atom. The number of hydrogen-bond acceptors (Lipinski definition) is 4. The molecule has 1 heterocycles. The minimum absolute atomic E-state index is 0.138. The van der Waals surface area contributed by atoms with Crippen LogP contribution < -0.4 is 10.1 Å². The first kappa shape index (κ1) is 16.0. The monoisotopic (exact) mass is 317 g/mol. The number of hydrogen-bond donors (Lipinski definition) is 2. The number of benzene rings is 1. The maximum absolute atomic E-state index is 12.0. The van der Waals surface area contributed by atoms with Crippen molar-refractivity contribution in [2.24, 2.45) is 0 Å². The predicted molar refractivity (Wildman–Crippen MR) is 76.8 cm³/mol. The van der Waals surface area contributed by atoms with Gasteiger partial charge in [-0.15, -0.1) is 11.8 Å². The van der Waals surface area contributed by atoms with Gasteiger partial charge in [-0.1, -0.05) is 12.1 Å². The molecular formula is C14H17F2NO3S. The van der Waals surface area contributed by atoms with Crippen molar-refractivity contribution in [1.29, 1.82) is 0 Å². The van der Waals surface area contributed by atoms with Gasteiger partial charge in [-0.25, -0.2) is 0 Å². The van der Waals surface area contributed by atoms with Gasteiger partial charge < -0.3 is 9.84 Å². The molecule has 7 heteroatoms. The lowest BCUT2D eigenvalue weighted by Crippen LogP contribution is -2.43. The molecule has 1 saturated heterocycles. The second-order valence-electron chi connectivity index (χ2n) is 5.10. The Balaban J connectivity index is 1.87.